The Balaban J connectivity index is 2.14. The van der Waals surface area contributed by atoms with Crippen LogP contribution in [0.2, 0.25) is 0 Å². The van der Waals surface area contributed by atoms with Crippen molar-refractivity contribution in [3.63, 3.8) is 0 Å². The molecule has 1 aliphatic rings. The Hall–Kier alpha value is 1.08. The molecule has 0 saturated carbocycles. The van der Waals surface area contributed by atoms with Gasteiger partial charge in [0.15, 0.2) is 0 Å². The van der Waals surface area contributed by atoms with Gasteiger partial charge in [0.05, 0.1) is 0 Å². The molecule has 0 N–H and O–H groups in total. The molecule has 2 heteroatoms. The molecule has 0 amide bonds. The molecular formula is C5H9IS. The minimum atomic E-state index is 1.00. The van der Waals surface area contributed by atoms with Crippen molar-refractivity contribution < 1.29 is 0 Å². The minimum Gasteiger partial charge on any atom is -0.158 e. The quantitative estimate of drug-likeness (QED) is 0.490. The van der Waals surface area contributed by atoms with Crippen molar-refractivity contribution in [3.8, 4) is 0 Å². The predicted molar refractivity (Wildman–Crippen MR) is 44.4 cm³/mol. The van der Waals surface area contributed by atoms with Crippen molar-refractivity contribution in [3.05, 3.63) is 0 Å². The second-order valence-electron chi connectivity index (χ2n) is 1.79. The van der Waals surface area contributed by atoms with Gasteiger partial charge in [-0.2, -0.15) is 11.8 Å². The lowest BCUT2D eigenvalue weighted by Gasteiger charge is -1.97. The van der Waals surface area contributed by atoms with E-state index in [9.17, 15) is 0 Å². The fourth-order valence-corrected chi connectivity index (χ4v) is 3.06. The third-order valence-electron chi connectivity index (χ3n) is 1.20. The largest absolute Gasteiger partial charge is 0.158 e. The van der Waals surface area contributed by atoms with Crippen LogP contribution < -0.4 is 0 Å². The van der Waals surface area contributed by atoms with E-state index in [0.29, 0.717) is 0 Å². The lowest BCUT2D eigenvalue weighted by Crippen LogP contribution is -1.94. The van der Waals surface area contributed by atoms with E-state index in [2.05, 4.69) is 34.4 Å². The molecule has 0 bridgehead atoms. The molecule has 0 aromatic heterocycles. The van der Waals surface area contributed by atoms with Gasteiger partial charge in [0.25, 0.3) is 0 Å². The molecule has 0 aromatic rings. The van der Waals surface area contributed by atoms with Crippen LogP contribution in [0.5, 0.6) is 0 Å². The van der Waals surface area contributed by atoms with E-state index in [1.807, 2.05) is 0 Å². The van der Waals surface area contributed by atoms with Gasteiger partial charge < -0.3 is 0 Å². The normalized spacial score (nSPS) is 31.3. The Bertz CT molecular complexity index is 50.0. The zero-order valence-electron chi connectivity index (χ0n) is 4.19. The van der Waals surface area contributed by atoms with Crippen molar-refractivity contribution in [2.45, 2.75) is 18.1 Å². The van der Waals surface area contributed by atoms with Crippen LogP contribution in [0, 0.1) is 0 Å². The van der Waals surface area contributed by atoms with Gasteiger partial charge in [-0.3, -0.25) is 0 Å². The first-order valence-corrected chi connectivity index (χ1v) is 5.18. The monoisotopic (exact) mass is 228 g/mol. The average Bonchev–Trinajstić information content (AvgIpc) is 2.14. The third kappa shape index (κ3) is 1.80. The van der Waals surface area contributed by atoms with E-state index in [4.69, 9.17) is 0 Å². The molecule has 1 aliphatic heterocycles. The van der Waals surface area contributed by atoms with Crippen molar-refractivity contribution in [1.82, 2.24) is 0 Å². The molecule has 1 heterocycles. The Kier molecular flexibility index (Phi) is 2.81. The molecule has 7 heavy (non-hydrogen) atoms. The van der Waals surface area contributed by atoms with Gasteiger partial charge in [-0.05, 0) is 18.6 Å². The summed E-state index contributed by atoms with van der Waals surface area (Å²) in [4.78, 5) is 0. The molecular weight excluding hydrogens is 219 g/mol. The third-order valence-corrected chi connectivity index (χ3v) is 4.26. The fourth-order valence-electron chi connectivity index (χ4n) is 0.766. The van der Waals surface area contributed by atoms with Gasteiger partial charge in [0.2, 0.25) is 0 Å². The summed E-state index contributed by atoms with van der Waals surface area (Å²) in [5.74, 6) is 1.41. The SMILES string of the molecule is ICC1CCCS1. The number of halogens is 1. The first-order chi connectivity index (χ1) is 3.43. The highest BCUT2D eigenvalue weighted by atomic mass is 127. The van der Waals surface area contributed by atoms with E-state index < -0.39 is 0 Å². The molecule has 1 fully saturated rings. The summed E-state index contributed by atoms with van der Waals surface area (Å²) in [7, 11) is 0. The smallest absolute Gasteiger partial charge is 0.0137 e. The predicted octanol–water partition coefficient (Wildman–Crippen LogP) is 2.32. The minimum absolute atomic E-state index is 1.00. The standard InChI is InChI=1S/C5H9IS/c6-4-5-2-1-3-7-5/h5H,1-4H2. The summed E-state index contributed by atoms with van der Waals surface area (Å²) in [5, 5.41) is 1.00. The average molecular weight is 228 g/mol. The molecule has 0 radical (unpaired) electrons. The van der Waals surface area contributed by atoms with Gasteiger partial charge >= 0.3 is 0 Å². The van der Waals surface area contributed by atoms with Gasteiger partial charge in [-0.1, -0.05) is 22.6 Å². The summed E-state index contributed by atoms with van der Waals surface area (Å²) >= 11 is 4.60. The summed E-state index contributed by atoms with van der Waals surface area (Å²) in [5.41, 5.74) is 0. The van der Waals surface area contributed by atoms with Gasteiger partial charge in [0.1, 0.15) is 0 Å². The lowest BCUT2D eigenvalue weighted by atomic mass is 10.3. The maximum absolute atomic E-state index is 2.47. The van der Waals surface area contributed by atoms with Crippen LogP contribution >= 0.6 is 34.4 Å². The molecule has 1 rings (SSSR count). The fraction of sp³-hybridized carbons (Fsp3) is 1.00. The Morgan fingerprint density at radius 1 is 1.71 bits per heavy atom. The molecule has 1 saturated heterocycles. The van der Waals surface area contributed by atoms with Gasteiger partial charge in [-0.15, -0.1) is 0 Å². The first kappa shape index (κ1) is 6.20. The molecule has 1 unspecified atom stereocenters. The van der Waals surface area contributed by atoms with Crippen LogP contribution in [0.3, 0.4) is 0 Å². The van der Waals surface area contributed by atoms with Crippen LogP contribution in [0.4, 0.5) is 0 Å². The summed E-state index contributed by atoms with van der Waals surface area (Å²) in [6.07, 6.45) is 2.92. The van der Waals surface area contributed by atoms with E-state index in [1.54, 1.807) is 0 Å². The zero-order chi connectivity index (χ0) is 5.11. The highest BCUT2D eigenvalue weighted by Gasteiger charge is 2.12. The van der Waals surface area contributed by atoms with Crippen LogP contribution in [0.25, 0.3) is 0 Å². The molecule has 0 aliphatic carbocycles. The highest BCUT2D eigenvalue weighted by molar-refractivity contribution is 14.1. The number of alkyl halides is 1. The van der Waals surface area contributed by atoms with Crippen molar-refractivity contribution in [2.75, 3.05) is 10.2 Å². The number of thioether (sulfide) groups is 1. The number of hydrogen-bond acceptors (Lipinski definition) is 1. The number of hydrogen-bond donors (Lipinski definition) is 0. The topological polar surface area (TPSA) is 0 Å². The molecule has 42 valence electrons. The maximum Gasteiger partial charge on any atom is 0.0137 e. The van der Waals surface area contributed by atoms with E-state index >= 15 is 0 Å². The molecule has 0 aromatic carbocycles. The second kappa shape index (κ2) is 3.17. The van der Waals surface area contributed by atoms with E-state index in [0.717, 1.165) is 5.25 Å². The van der Waals surface area contributed by atoms with E-state index in [-0.39, 0.29) is 0 Å². The molecule has 0 nitrogen and oxygen atoms in total. The number of rotatable bonds is 1. The first-order valence-electron chi connectivity index (χ1n) is 2.61. The Labute approximate surface area is 62.6 Å². The van der Waals surface area contributed by atoms with Crippen LogP contribution in [-0.4, -0.2) is 15.4 Å². The second-order valence-corrected chi connectivity index (χ2v) is 4.08. The van der Waals surface area contributed by atoms with Crippen LogP contribution in [0.15, 0.2) is 0 Å². The summed E-state index contributed by atoms with van der Waals surface area (Å²) in [6, 6.07) is 0. The molecule has 1 atom stereocenters. The van der Waals surface area contributed by atoms with Crippen LogP contribution in [-0.2, 0) is 0 Å². The van der Waals surface area contributed by atoms with Crippen molar-refractivity contribution in [1.29, 1.82) is 0 Å². The van der Waals surface area contributed by atoms with Crippen molar-refractivity contribution in [2.24, 2.45) is 0 Å². The highest BCUT2D eigenvalue weighted by Crippen LogP contribution is 2.27. The van der Waals surface area contributed by atoms with Crippen molar-refractivity contribution >= 4 is 34.4 Å². The molecule has 0 spiro atoms. The zero-order valence-corrected chi connectivity index (χ0v) is 7.17. The Morgan fingerprint density at radius 3 is 2.86 bits per heavy atom. The van der Waals surface area contributed by atoms with Gasteiger partial charge in [-0.25, -0.2) is 0 Å². The summed E-state index contributed by atoms with van der Waals surface area (Å²) < 4.78 is 1.35. The van der Waals surface area contributed by atoms with Crippen LogP contribution in [0.1, 0.15) is 12.8 Å². The lowest BCUT2D eigenvalue weighted by molar-refractivity contribution is 0.851. The Morgan fingerprint density at radius 2 is 2.57 bits per heavy atom. The van der Waals surface area contributed by atoms with E-state index in [1.165, 1.54) is 23.0 Å². The summed E-state index contributed by atoms with van der Waals surface area (Å²) in [6.45, 7) is 0. The maximum atomic E-state index is 2.47. The van der Waals surface area contributed by atoms with Gasteiger partial charge in [0, 0.05) is 9.68 Å².